The Hall–Kier alpha value is -3.60. The molecule has 0 saturated carbocycles. The van der Waals surface area contributed by atoms with Gasteiger partial charge in [0.15, 0.2) is 0 Å². The minimum absolute atomic E-state index is 0.0553. The van der Waals surface area contributed by atoms with Gasteiger partial charge in [-0.25, -0.2) is 0 Å². The van der Waals surface area contributed by atoms with E-state index in [4.69, 9.17) is 4.74 Å². The van der Waals surface area contributed by atoms with Crippen molar-refractivity contribution < 1.29 is 14.3 Å². The van der Waals surface area contributed by atoms with E-state index in [1.165, 1.54) is 4.90 Å². The number of hydrogen-bond donors (Lipinski definition) is 1. The molecule has 1 heterocycles. The Kier molecular flexibility index (Phi) is 5.51. The van der Waals surface area contributed by atoms with Gasteiger partial charge in [0, 0.05) is 17.1 Å². The molecule has 0 spiro atoms. The van der Waals surface area contributed by atoms with Gasteiger partial charge in [0.1, 0.15) is 11.4 Å². The lowest BCUT2D eigenvalue weighted by Gasteiger charge is -2.19. The number of hydrogen-bond acceptors (Lipinski definition) is 4. The summed E-state index contributed by atoms with van der Waals surface area (Å²) in [6.07, 6.45) is 0.0553. The fourth-order valence-electron chi connectivity index (χ4n) is 3.84. The van der Waals surface area contributed by atoms with Gasteiger partial charge in [-0.2, -0.15) is 0 Å². The van der Waals surface area contributed by atoms with Crippen molar-refractivity contribution in [1.29, 1.82) is 0 Å². The number of ether oxygens (including phenoxy) is 1. The number of carbonyl (C=O) groups is 2. The van der Waals surface area contributed by atoms with E-state index in [0.717, 1.165) is 22.2 Å². The molecule has 0 aromatic heterocycles. The minimum Gasteiger partial charge on any atom is -0.491 e. The van der Waals surface area contributed by atoms with E-state index in [9.17, 15) is 9.59 Å². The number of fused-ring (bicyclic) bond motifs is 1. The first-order chi connectivity index (χ1) is 14.9. The van der Waals surface area contributed by atoms with E-state index >= 15 is 0 Å². The molecule has 3 aromatic carbocycles. The molecule has 0 radical (unpaired) electrons. The number of rotatable bonds is 6. The highest BCUT2D eigenvalue weighted by Crippen LogP contribution is 2.34. The summed E-state index contributed by atoms with van der Waals surface area (Å²) < 4.78 is 5.72. The van der Waals surface area contributed by atoms with Crippen molar-refractivity contribution in [3.05, 3.63) is 78.0 Å². The molecule has 0 fully saturated rings. The molecule has 0 unspecified atom stereocenters. The van der Waals surface area contributed by atoms with Crippen molar-refractivity contribution in [1.82, 2.24) is 4.90 Å². The zero-order chi connectivity index (χ0) is 22.1. The average Bonchev–Trinajstić information content (AvgIpc) is 2.98. The van der Waals surface area contributed by atoms with Crippen molar-refractivity contribution in [2.45, 2.75) is 39.8 Å². The van der Waals surface area contributed by atoms with Crippen LogP contribution in [-0.2, 0) is 9.59 Å². The summed E-state index contributed by atoms with van der Waals surface area (Å²) in [5, 5.41) is 5.33. The monoisotopic (exact) mass is 414 g/mol. The first-order valence-electron chi connectivity index (χ1n) is 10.5. The summed E-state index contributed by atoms with van der Waals surface area (Å²) in [5.74, 6) is 0.117. The lowest BCUT2D eigenvalue weighted by atomic mass is 10.0. The van der Waals surface area contributed by atoms with Crippen molar-refractivity contribution >= 4 is 33.8 Å². The molecule has 2 amide bonds. The van der Waals surface area contributed by atoms with Crippen LogP contribution in [0.15, 0.2) is 72.4 Å². The smallest absolute Gasteiger partial charge is 0.278 e. The molecule has 0 saturated heterocycles. The van der Waals surface area contributed by atoms with Crippen LogP contribution in [0.5, 0.6) is 5.75 Å². The molecule has 0 aliphatic carbocycles. The van der Waals surface area contributed by atoms with E-state index in [2.05, 4.69) is 5.32 Å². The van der Waals surface area contributed by atoms with E-state index in [-0.39, 0.29) is 24.0 Å². The Morgan fingerprint density at radius 1 is 0.806 bits per heavy atom. The minimum atomic E-state index is -0.314. The number of amides is 2. The van der Waals surface area contributed by atoms with Gasteiger partial charge in [0.25, 0.3) is 11.8 Å². The van der Waals surface area contributed by atoms with Crippen LogP contribution in [0.1, 0.15) is 33.3 Å². The van der Waals surface area contributed by atoms with Gasteiger partial charge < -0.3 is 10.1 Å². The van der Waals surface area contributed by atoms with E-state index in [0.29, 0.717) is 16.8 Å². The molecule has 0 atom stereocenters. The van der Waals surface area contributed by atoms with Gasteiger partial charge in [-0.3, -0.25) is 14.5 Å². The summed E-state index contributed by atoms with van der Waals surface area (Å²) in [6, 6.07) is 20.9. The predicted octanol–water partition coefficient (Wildman–Crippen LogP) is 5.23. The average molecular weight is 415 g/mol. The Morgan fingerprint density at radius 2 is 1.48 bits per heavy atom. The highest BCUT2D eigenvalue weighted by Gasteiger charge is 2.40. The summed E-state index contributed by atoms with van der Waals surface area (Å²) in [6.45, 7) is 7.60. The molecule has 1 aliphatic heterocycles. The molecule has 5 heteroatoms. The molecule has 4 rings (SSSR count). The number of benzene rings is 3. The zero-order valence-corrected chi connectivity index (χ0v) is 18.2. The first-order valence-corrected chi connectivity index (χ1v) is 10.5. The van der Waals surface area contributed by atoms with Crippen molar-refractivity contribution in [3.63, 3.8) is 0 Å². The fraction of sp³-hybridized carbons (Fsp3) is 0.231. The largest absolute Gasteiger partial charge is 0.491 e. The molecule has 31 heavy (non-hydrogen) atoms. The summed E-state index contributed by atoms with van der Waals surface area (Å²) in [5.41, 5.74) is 2.15. The quantitative estimate of drug-likeness (QED) is 0.561. The lowest BCUT2D eigenvalue weighted by molar-refractivity contribution is -0.138. The van der Waals surface area contributed by atoms with Gasteiger partial charge >= 0.3 is 0 Å². The van der Waals surface area contributed by atoms with Crippen LogP contribution in [0.3, 0.4) is 0 Å². The summed E-state index contributed by atoms with van der Waals surface area (Å²) in [4.78, 5) is 27.8. The topological polar surface area (TPSA) is 58.6 Å². The standard InChI is InChI=1S/C26H26N2O3/c1-16(2)28-25(29)23(19-12-14-20(15-13-19)31-17(3)4)24(26(28)30)27-22-11-7-9-18-8-5-6-10-21(18)22/h5-17,27H,1-4H3. The van der Waals surface area contributed by atoms with E-state index < -0.39 is 0 Å². The fourth-order valence-corrected chi connectivity index (χ4v) is 3.84. The second-order valence-electron chi connectivity index (χ2n) is 8.17. The van der Waals surface area contributed by atoms with Crippen LogP contribution < -0.4 is 10.1 Å². The zero-order valence-electron chi connectivity index (χ0n) is 18.2. The van der Waals surface area contributed by atoms with Gasteiger partial charge in [0.2, 0.25) is 0 Å². The Bertz CT molecular complexity index is 1170. The van der Waals surface area contributed by atoms with Crippen LogP contribution in [0.4, 0.5) is 5.69 Å². The molecule has 3 aromatic rings. The van der Waals surface area contributed by atoms with Gasteiger partial charge in [0.05, 0.1) is 11.7 Å². The SMILES string of the molecule is CC(C)Oc1ccc(C2=C(Nc3cccc4ccccc34)C(=O)N(C(C)C)C2=O)cc1. The maximum atomic E-state index is 13.3. The first kappa shape index (κ1) is 20.7. The number of imide groups is 1. The maximum Gasteiger partial charge on any atom is 0.278 e. The normalized spacial score (nSPS) is 14.3. The van der Waals surface area contributed by atoms with Crippen LogP contribution in [0, 0.1) is 0 Å². The molecular formula is C26H26N2O3. The van der Waals surface area contributed by atoms with Gasteiger partial charge in [-0.05, 0) is 56.8 Å². The molecule has 0 bridgehead atoms. The number of nitrogens with one attached hydrogen (secondary N) is 1. The molecule has 158 valence electrons. The Labute approximate surface area is 182 Å². The predicted molar refractivity (Wildman–Crippen MR) is 124 cm³/mol. The van der Waals surface area contributed by atoms with Crippen LogP contribution in [0.2, 0.25) is 0 Å². The molecule has 1 N–H and O–H groups in total. The summed E-state index contributed by atoms with van der Waals surface area (Å²) in [7, 11) is 0. The highest BCUT2D eigenvalue weighted by atomic mass is 16.5. The molecule has 1 aliphatic rings. The molecule has 5 nitrogen and oxygen atoms in total. The third kappa shape index (κ3) is 3.91. The second kappa shape index (κ2) is 8.26. The maximum absolute atomic E-state index is 13.3. The Morgan fingerprint density at radius 3 is 2.16 bits per heavy atom. The number of nitrogens with zero attached hydrogens (tertiary/aromatic N) is 1. The third-order valence-corrected chi connectivity index (χ3v) is 5.20. The third-order valence-electron chi connectivity index (χ3n) is 5.20. The van der Waals surface area contributed by atoms with Crippen LogP contribution in [0.25, 0.3) is 16.3 Å². The summed E-state index contributed by atoms with van der Waals surface area (Å²) >= 11 is 0. The van der Waals surface area contributed by atoms with E-state index in [1.54, 1.807) is 0 Å². The van der Waals surface area contributed by atoms with Crippen LogP contribution in [-0.4, -0.2) is 28.9 Å². The highest BCUT2D eigenvalue weighted by molar-refractivity contribution is 6.36. The van der Waals surface area contributed by atoms with Crippen molar-refractivity contribution in [2.24, 2.45) is 0 Å². The van der Waals surface area contributed by atoms with Crippen LogP contribution >= 0.6 is 0 Å². The van der Waals surface area contributed by atoms with Crippen molar-refractivity contribution in [2.75, 3.05) is 5.32 Å². The van der Waals surface area contributed by atoms with Gasteiger partial charge in [-0.1, -0.05) is 48.5 Å². The second-order valence-corrected chi connectivity index (χ2v) is 8.17. The number of anilines is 1. The van der Waals surface area contributed by atoms with E-state index in [1.807, 2.05) is 94.4 Å². The molecular weight excluding hydrogens is 388 g/mol. The number of carbonyl (C=O) groups excluding carboxylic acids is 2. The van der Waals surface area contributed by atoms with Gasteiger partial charge in [-0.15, -0.1) is 0 Å². The lowest BCUT2D eigenvalue weighted by Crippen LogP contribution is -2.38. The Balaban J connectivity index is 1.80. The van der Waals surface area contributed by atoms with Crippen molar-refractivity contribution in [3.8, 4) is 5.75 Å².